The first kappa shape index (κ1) is 14.4. The van der Waals surface area contributed by atoms with Gasteiger partial charge >= 0.3 is 0 Å². The molecular formula is C16H23N3O2. The number of nitrogens with one attached hydrogen (secondary N) is 1. The highest BCUT2D eigenvalue weighted by molar-refractivity contribution is 5.76. The van der Waals surface area contributed by atoms with Crippen molar-refractivity contribution < 1.29 is 9.47 Å². The molecule has 5 heteroatoms. The molecule has 1 aliphatic rings. The van der Waals surface area contributed by atoms with Crippen molar-refractivity contribution in [1.29, 1.82) is 0 Å². The van der Waals surface area contributed by atoms with Crippen molar-refractivity contribution in [1.82, 2.24) is 14.9 Å². The molecule has 1 fully saturated rings. The number of H-pyrrole nitrogens is 1. The average molecular weight is 289 g/mol. The van der Waals surface area contributed by atoms with Gasteiger partial charge in [0.2, 0.25) is 0 Å². The molecule has 0 bridgehead atoms. The minimum atomic E-state index is 0.247. The van der Waals surface area contributed by atoms with Crippen LogP contribution in [0, 0.1) is 0 Å². The van der Waals surface area contributed by atoms with Crippen LogP contribution in [0.3, 0.4) is 0 Å². The molecule has 0 amide bonds. The van der Waals surface area contributed by atoms with E-state index in [1.807, 2.05) is 18.2 Å². The smallest absolute Gasteiger partial charge is 0.124 e. The van der Waals surface area contributed by atoms with Crippen molar-refractivity contribution in [2.24, 2.45) is 0 Å². The fourth-order valence-electron chi connectivity index (χ4n) is 3.04. The number of methoxy groups -OCH3 is 1. The number of morpholine rings is 1. The molecule has 0 spiro atoms. The lowest BCUT2D eigenvalue weighted by Gasteiger charge is -2.38. The Morgan fingerprint density at radius 1 is 1.33 bits per heavy atom. The van der Waals surface area contributed by atoms with Crippen LogP contribution in [0.1, 0.15) is 32.6 Å². The molecule has 1 aromatic heterocycles. The van der Waals surface area contributed by atoms with Crippen molar-refractivity contribution in [3.63, 3.8) is 0 Å². The minimum absolute atomic E-state index is 0.247. The van der Waals surface area contributed by atoms with Gasteiger partial charge in [0.25, 0.3) is 0 Å². The Balaban J connectivity index is 1.85. The molecule has 114 valence electrons. The number of aromatic nitrogens is 2. The van der Waals surface area contributed by atoms with Crippen molar-refractivity contribution >= 4 is 11.0 Å². The van der Waals surface area contributed by atoms with Gasteiger partial charge in [-0.3, -0.25) is 4.90 Å². The number of nitrogens with zero attached hydrogens (tertiary/aromatic N) is 2. The number of ether oxygens (including phenoxy) is 2. The number of benzene rings is 1. The van der Waals surface area contributed by atoms with Crippen LogP contribution in [-0.4, -0.2) is 47.3 Å². The molecule has 1 saturated heterocycles. The second-order valence-electron chi connectivity index (χ2n) is 5.89. The summed E-state index contributed by atoms with van der Waals surface area (Å²) in [6.07, 6.45) is 0.529. The van der Waals surface area contributed by atoms with Crippen LogP contribution < -0.4 is 4.74 Å². The molecule has 1 N–H and O–H groups in total. The molecule has 0 aliphatic carbocycles. The third kappa shape index (κ3) is 2.89. The van der Waals surface area contributed by atoms with Gasteiger partial charge in [-0.15, -0.1) is 0 Å². The van der Waals surface area contributed by atoms with E-state index in [1.54, 1.807) is 7.11 Å². The maximum absolute atomic E-state index is 5.80. The van der Waals surface area contributed by atoms with Gasteiger partial charge < -0.3 is 14.5 Å². The maximum atomic E-state index is 5.80. The van der Waals surface area contributed by atoms with Gasteiger partial charge in [0.05, 0.1) is 36.4 Å². The summed E-state index contributed by atoms with van der Waals surface area (Å²) in [5, 5.41) is 0. The topological polar surface area (TPSA) is 50.4 Å². The van der Waals surface area contributed by atoms with E-state index in [9.17, 15) is 0 Å². The third-order valence-corrected chi connectivity index (χ3v) is 4.10. The van der Waals surface area contributed by atoms with Crippen LogP contribution in [0.4, 0.5) is 0 Å². The Labute approximate surface area is 125 Å². The molecule has 3 unspecified atom stereocenters. The summed E-state index contributed by atoms with van der Waals surface area (Å²) in [6, 6.07) is 6.17. The lowest BCUT2D eigenvalue weighted by molar-refractivity contribution is -0.0797. The minimum Gasteiger partial charge on any atom is -0.497 e. The average Bonchev–Trinajstić information content (AvgIpc) is 2.88. The predicted octanol–water partition coefficient (Wildman–Crippen LogP) is 2.74. The molecular weight excluding hydrogens is 266 g/mol. The highest BCUT2D eigenvalue weighted by atomic mass is 16.5. The number of hydrogen-bond acceptors (Lipinski definition) is 4. The molecule has 1 aromatic carbocycles. The fraction of sp³-hybridized carbons (Fsp3) is 0.562. The molecule has 3 atom stereocenters. The third-order valence-electron chi connectivity index (χ3n) is 4.10. The van der Waals surface area contributed by atoms with Crippen molar-refractivity contribution in [2.45, 2.75) is 39.0 Å². The van der Waals surface area contributed by atoms with Crippen LogP contribution in [0.2, 0.25) is 0 Å². The van der Waals surface area contributed by atoms with Gasteiger partial charge in [0.15, 0.2) is 0 Å². The van der Waals surface area contributed by atoms with E-state index in [1.165, 1.54) is 0 Å². The van der Waals surface area contributed by atoms with Crippen molar-refractivity contribution in [3.05, 3.63) is 24.0 Å². The number of hydrogen-bond donors (Lipinski definition) is 1. The number of rotatable bonds is 3. The summed E-state index contributed by atoms with van der Waals surface area (Å²) in [7, 11) is 1.68. The summed E-state index contributed by atoms with van der Waals surface area (Å²) >= 11 is 0. The van der Waals surface area contributed by atoms with E-state index >= 15 is 0 Å². The van der Waals surface area contributed by atoms with Crippen LogP contribution in [0.5, 0.6) is 5.75 Å². The SMILES string of the molecule is COc1ccc2nc(C(C)N3CC(C)OC(C)C3)[nH]c2c1. The Kier molecular flexibility index (Phi) is 3.87. The quantitative estimate of drug-likeness (QED) is 0.944. The fourth-order valence-corrected chi connectivity index (χ4v) is 3.04. The van der Waals surface area contributed by atoms with Gasteiger partial charge in [-0.25, -0.2) is 4.98 Å². The van der Waals surface area contributed by atoms with Crippen LogP contribution >= 0.6 is 0 Å². The Bertz CT molecular complexity index is 615. The second kappa shape index (κ2) is 5.66. The van der Waals surface area contributed by atoms with Crippen LogP contribution in [0.25, 0.3) is 11.0 Å². The first-order valence-corrected chi connectivity index (χ1v) is 7.50. The highest BCUT2D eigenvalue weighted by Crippen LogP contribution is 2.26. The van der Waals surface area contributed by atoms with Gasteiger partial charge in [-0.05, 0) is 32.9 Å². The molecule has 21 heavy (non-hydrogen) atoms. The van der Waals surface area contributed by atoms with E-state index in [0.29, 0.717) is 0 Å². The standard InChI is InChI=1S/C16H23N3O2/c1-10-8-19(9-11(2)21-10)12(3)16-17-14-6-5-13(20-4)7-15(14)18-16/h5-7,10-12H,8-9H2,1-4H3,(H,17,18). The van der Waals surface area contributed by atoms with Gasteiger partial charge in [-0.2, -0.15) is 0 Å². The van der Waals surface area contributed by atoms with Crippen LogP contribution in [-0.2, 0) is 4.74 Å². The monoisotopic (exact) mass is 289 g/mol. The first-order chi connectivity index (χ1) is 10.1. The van der Waals surface area contributed by atoms with E-state index in [2.05, 4.69) is 30.7 Å². The number of fused-ring (bicyclic) bond motifs is 1. The maximum Gasteiger partial charge on any atom is 0.124 e. The number of aromatic amines is 1. The van der Waals surface area contributed by atoms with Gasteiger partial charge in [0, 0.05) is 19.2 Å². The Morgan fingerprint density at radius 2 is 2.05 bits per heavy atom. The number of imidazole rings is 1. The molecule has 5 nitrogen and oxygen atoms in total. The summed E-state index contributed by atoms with van der Waals surface area (Å²) in [6.45, 7) is 8.31. The zero-order valence-corrected chi connectivity index (χ0v) is 13.1. The lowest BCUT2D eigenvalue weighted by Crippen LogP contribution is -2.46. The zero-order chi connectivity index (χ0) is 15.0. The van der Waals surface area contributed by atoms with E-state index in [-0.39, 0.29) is 18.2 Å². The van der Waals surface area contributed by atoms with Crippen molar-refractivity contribution in [2.75, 3.05) is 20.2 Å². The first-order valence-electron chi connectivity index (χ1n) is 7.50. The normalized spacial score (nSPS) is 25.1. The van der Waals surface area contributed by atoms with Crippen LogP contribution in [0.15, 0.2) is 18.2 Å². The highest BCUT2D eigenvalue weighted by Gasteiger charge is 2.27. The second-order valence-corrected chi connectivity index (χ2v) is 5.89. The largest absolute Gasteiger partial charge is 0.497 e. The summed E-state index contributed by atoms with van der Waals surface area (Å²) in [5.41, 5.74) is 2.00. The molecule has 0 saturated carbocycles. The molecule has 2 heterocycles. The van der Waals surface area contributed by atoms with E-state index < -0.39 is 0 Å². The zero-order valence-electron chi connectivity index (χ0n) is 13.1. The molecule has 3 rings (SSSR count). The van der Waals surface area contributed by atoms with Gasteiger partial charge in [-0.1, -0.05) is 0 Å². The summed E-state index contributed by atoms with van der Waals surface area (Å²) in [4.78, 5) is 10.6. The van der Waals surface area contributed by atoms with Gasteiger partial charge in [0.1, 0.15) is 11.6 Å². The lowest BCUT2D eigenvalue weighted by atomic mass is 10.1. The molecule has 1 aliphatic heterocycles. The predicted molar refractivity (Wildman–Crippen MR) is 82.6 cm³/mol. The summed E-state index contributed by atoms with van der Waals surface area (Å²) < 4.78 is 11.1. The molecule has 2 aromatic rings. The Morgan fingerprint density at radius 3 is 2.71 bits per heavy atom. The van der Waals surface area contributed by atoms with E-state index in [0.717, 1.165) is 35.7 Å². The summed E-state index contributed by atoms with van der Waals surface area (Å²) in [5.74, 6) is 1.85. The molecule has 0 radical (unpaired) electrons. The Hall–Kier alpha value is -1.59. The van der Waals surface area contributed by atoms with Crippen molar-refractivity contribution in [3.8, 4) is 5.75 Å². The van der Waals surface area contributed by atoms with E-state index in [4.69, 9.17) is 14.5 Å².